The van der Waals surface area contributed by atoms with Crippen molar-refractivity contribution in [2.45, 2.75) is 24.9 Å². The van der Waals surface area contributed by atoms with Crippen molar-refractivity contribution < 1.29 is 9.84 Å². The first kappa shape index (κ1) is 12.7. The second-order valence-corrected chi connectivity index (χ2v) is 5.83. The maximum Gasteiger partial charge on any atom is 0.133 e. The van der Waals surface area contributed by atoms with Gasteiger partial charge in [0.25, 0.3) is 0 Å². The van der Waals surface area contributed by atoms with E-state index in [4.69, 9.17) is 4.74 Å². The molecule has 4 rings (SSSR count). The lowest BCUT2D eigenvalue weighted by Crippen LogP contribution is -2.38. The molecule has 0 fully saturated rings. The number of allylic oxidation sites excluding steroid dienone is 1. The van der Waals surface area contributed by atoms with E-state index in [9.17, 15) is 5.11 Å². The van der Waals surface area contributed by atoms with Crippen LogP contribution in [0.2, 0.25) is 0 Å². The average Bonchev–Trinajstić information content (AvgIpc) is 2.56. The number of hydrogen-bond donors (Lipinski definition) is 1. The quantitative estimate of drug-likeness (QED) is 0.784. The van der Waals surface area contributed by atoms with E-state index >= 15 is 0 Å². The molecule has 1 atom stereocenters. The minimum Gasteiger partial charge on any atom is -0.457 e. The summed E-state index contributed by atoms with van der Waals surface area (Å²) in [6, 6.07) is 15.7. The number of benzene rings is 2. The second kappa shape index (κ2) is 4.74. The van der Waals surface area contributed by atoms with Crippen molar-refractivity contribution in [3.63, 3.8) is 0 Å². The summed E-state index contributed by atoms with van der Waals surface area (Å²) in [6.07, 6.45) is 7.58. The van der Waals surface area contributed by atoms with Gasteiger partial charge in [-0.2, -0.15) is 0 Å². The van der Waals surface area contributed by atoms with Crippen LogP contribution >= 0.6 is 0 Å². The van der Waals surface area contributed by atoms with Crippen LogP contribution in [-0.2, 0) is 5.60 Å². The van der Waals surface area contributed by atoms with Gasteiger partial charge in [-0.25, -0.2) is 0 Å². The van der Waals surface area contributed by atoms with Gasteiger partial charge in [-0.15, -0.1) is 0 Å². The summed E-state index contributed by atoms with van der Waals surface area (Å²) in [7, 11) is 0. The van der Waals surface area contributed by atoms with Crippen LogP contribution in [-0.4, -0.2) is 5.11 Å². The van der Waals surface area contributed by atoms with Crippen LogP contribution in [0.5, 0.6) is 11.5 Å². The molecule has 0 amide bonds. The lowest BCUT2D eigenvalue weighted by molar-refractivity contribution is 0.0213. The zero-order valence-electron chi connectivity index (χ0n) is 11.8. The fourth-order valence-electron chi connectivity index (χ4n) is 3.56. The molecule has 2 nitrogen and oxygen atoms in total. The van der Waals surface area contributed by atoms with Gasteiger partial charge in [0.1, 0.15) is 17.1 Å². The zero-order chi connectivity index (χ0) is 14.3. The third-order valence-electron chi connectivity index (χ3n) is 4.61. The van der Waals surface area contributed by atoms with Gasteiger partial charge >= 0.3 is 0 Å². The Morgan fingerprint density at radius 1 is 0.952 bits per heavy atom. The standard InChI is InChI=1S/C19H18O2/c20-19(14-8-2-1-3-9-14)15-10-4-6-12-17(15)21-18-13-7-5-11-16(18)19/h2,4-8,10-14,20H,1,3,9H2/t14-/m1/s1. The molecule has 0 radical (unpaired) electrons. The molecule has 1 aliphatic carbocycles. The van der Waals surface area contributed by atoms with E-state index in [1.165, 1.54) is 0 Å². The van der Waals surface area contributed by atoms with Crippen molar-refractivity contribution in [1.29, 1.82) is 0 Å². The summed E-state index contributed by atoms with van der Waals surface area (Å²) >= 11 is 0. The molecule has 2 aliphatic rings. The van der Waals surface area contributed by atoms with E-state index in [0.29, 0.717) is 0 Å². The van der Waals surface area contributed by atoms with Crippen molar-refractivity contribution in [3.8, 4) is 11.5 Å². The van der Waals surface area contributed by atoms with Crippen molar-refractivity contribution in [1.82, 2.24) is 0 Å². The zero-order valence-corrected chi connectivity index (χ0v) is 11.8. The van der Waals surface area contributed by atoms with Crippen LogP contribution < -0.4 is 4.74 Å². The summed E-state index contributed by atoms with van der Waals surface area (Å²) in [5.74, 6) is 1.62. The van der Waals surface area contributed by atoms with Crippen LogP contribution in [0.3, 0.4) is 0 Å². The van der Waals surface area contributed by atoms with Crippen molar-refractivity contribution in [3.05, 3.63) is 71.8 Å². The van der Waals surface area contributed by atoms with E-state index in [1.807, 2.05) is 48.5 Å². The van der Waals surface area contributed by atoms with Gasteiger partial charge < -0.3 is 9.84 Å². The molecular formula is C19H18O2. The van der Waals surface area contributed by atoms with Crippen molar-refractivity contribution in [2.24, 2.45) is 5.92 Å². The molecule has 0 unspecified atom stereocenters. The van der Waals surface area contributed by atoms with Gasteiger partial charge in [0, 0.05) is 17.0 Å². The SMILES string of the molecule is OC1([C@@H]2C=CCCC2)c2ccccc2Oc2ccccc21. The third-order valence-corrected chi connectivity index (χ3v) is 4.61. The third kappa shape index (κ3) is 1.83. The normalized spacial score (nSPS) is 22.0. The fourth-order valence-corrected chi connectivity index (χ4v) is 3.56. The van der Waals surface area contributed by atoms with Gasteiger partial charge in [0.15, 0.2) is 0 Å². The van der Waals surface area contributed by atoms with E-state index in [1.54, 1.807) is 0 Å². The highest BCUT2D eigenvalue weighted by atomic mass is 16.5. The summed E-state index contributed by atoms with van der Waals surface area (Å²) in [5, 5.41) is 11.7. The number of hydrogen-bond acceptors (Lipinski definition) is 2. The molecule has 0 aromatic heterocycles. The van der Waals surface area contributed by atoms with E-state index in [2.05, 4.69) is 12.2 Å². The maximum atomic E-state index is 11.7. The predicted octanol–water partition coefficient (Wildman–Crippen LogP) is 4.38. The predicted molar refractivity (Wildman–Crippen MR) is 82.4 cm³/mol. The molecule has 106 valence electrons. The highest BCUT2D eigenvalue weighted by Crippen LogP contribution is 2.52. The van der Waals surface area contributed by atoms with Crippen molar-refractivity contribution in [2.75, 3.05) is 0 Å². The number of para-hydroxylation sites is 2. The monoisotopic (exact) mass is 278 g/mol. The van der Waals surface area contributed by atoms with Gasteiger partial charge in [-0.1, -0.05) is 48.6 Å². The van der Waals surface area contributed by atoms with E-state index in [0.717, 1.165) is 41.9 Å². The molecule has 1 N–H and O–H groups in total. The molecule has 1 aliphatic heterocycles. The molecular weight excluding hydrogens is 260 g/mol. The van der Waals surface area contributed by atoms with Crippen LogP contribution in [0.1, 0.15) is 30.4 Å². The van der Waals surface area contributed by atoms with Crippen LogP contribution in [0, 0.1) is 5.92 Å². The largest absolute Gasteiger partial charge is 0.457 e. The average molecular weight is 278 g/mol. The Kier molecular flexibility index (Phi) is 2.86. The van der Waals surface area contributed by atoms with Gasteiger partial charge in [0.05, 0.1) is 0 Å². The number of fused-ring (bicyclic) bond motifs is 2. The lowest BCUT2D eigenvalue weighted by atomic mass is 9.71. The fraction of sp³-hybridized carbons (Fsp3) is 0.263. The van der Waals surface area contributed by atoms with Gasteiger partial charge in [-0.05, 0) is 31.4 Å². The van der Waals surface area contributed by atoms with E-state index in [-0.39, 0.29) is 5.92 Å². The maximum absolute atomic E-state index is 11.7. The Hall–Kier alpha value is -2.06. The lowest BCUT2D eigenvalue weighted by Gasteiger charge is -2.41. The molecule has 2 aromatic carbocycles. The molecule has 0 spiro atoms. The number of ether oxygens (including phenoxy) is 1. The second-order valence-electron chi connectivity index (χ2n) is 5.83. The topological polar surface area (TPSA) is 29.5 Å². The molecule has 2 heteroatoms. The highest BCUT2D eigenvalue weighted by molar-refractivity contribution is 5.56. The minimum atomic E-state index is -0.998. The Labute approximate surface area is 124 Å². The van der Waals surface area contributed by atoms with Crippen molar-refractivity contribution >= 4 is 0 Å². The molecule has 21 heavy (non-hydrogen) atoms. The first-order valence-electron chi connectivity index (χ1n) is 7.56. The molecule has 1 heterocycles. The Morgan fingerprint density at radius 2 is 1.57 bits per heavy atom. The van der Waals surface area contributed by atoms with E-state index < -0.39 is 5.60 Å². The summed E-state index contributed by atoms with van der Waals surface area (Å²) < 4.78 is 5.98. The molecule has 0 saturated carbocycles. The smallest absolute Gasteiger partial charge is 0.133 e. The summed E-state index contributed by atoms with van der Waals surface area (Å²) in [6.45, 7) is 0. The molecule has 0 bridgehead atoms. The Morgan fingerprint density at radius 3 is 2.14 bits per heavy atom. The summed E-state index contributed by atoms with van der Waals surface area (Å²) in [4.78, 5) is 0. The summed E-state index contributed by atoms with van der Waals surface area (Å²) in [5.41, 5.74) is 0.753. The highest BCUT2D eigenvalue weighted by Gasteiger charge is 2.45. The first-order valence-corrected chi connectivity index (χ1v) is 7.56. The minimum absolute atomic E-state index is 0.0949. The Bertz CT molecular complexity index is 657. The Balaban J connectivity index is 1.96. The molecule has 0 saturated heterocycles. The number of rotatable bonds is 1. The van der Waals surface area contributed by atoms with Crippen LogP contribution in [0.4, 0.5) is 0 Å². The molecule has 2 aromatic rings. The number of aliphatic hydroxyl groups is 1. The van der Waals surface area contributed by atoms with Gasteiger partial charge in [-0.3, -0.25) is 0 Å². The van der Waals surface area contributed by atoms with Crippen LogP contribution in [0.25, 0.3) is 0 Å². The van der Waals surface area contributed by atoms with Crippen LogP contribution in [0.15, 0.2) is 60.7 Å². The van der Waals surface area contributed by atoms with Gasteiger partial charge in [0.2, 0.25) is 0 Å². The first-order chi connectivity index (χ1) is 10.3.